The molecule has 0 N–H and O–H groups in total. The average molecular weight is 440 g/mol. The predicted octanol–water partition coefficient (Wildman–Crippen LogP) is 6.54. The molecule has 5 nitrogen and oxygen atoms in total. The van der Waals surface area contributed by atoms with Crippen molar-refractivity contribution in [2.75, 3.05) is 14.2 Å². The van der Waals surface area contributed by atoms with E-state index < -0.39 is 8.32 Å². The molecule has 6 heteroatoms. The molecule has 0 bridgehead atoms. The van der Waals surface area contributed by atoms with Gasteiger partial charge in [0.05, 0.1) is 19.7 Å². The first kappa shape index (κ1) is 22.9. The smallest absolute Gasteiger partial charge is 0.250 e. The van der Waals surface area contributed by atoms with E-state index in [0.717, 1.165) is 28.0 Å². The van der Waals surface area contributed by atoms with Crippen LogP contribution < -0.4 is 13.9 Å². The zero-order chi connectivity index (χ0) is 23.1. The van der Waals surface area contributed by atoms with Crippen LogP contribution in [0.1, 0.15) is 43.7 Å². The number of methoxy groups -OCH3 is 2. The highest BCUT2D eigenvalue weighted by Gasteiger charge is 2.38. The van der Waals surface area contributed by atoms with Crippen LogP contribution in [0.4, 0.5) is 0 Å². The molecule has 31 heavy (non-hydrogen) atoms. The fraction of sp³-hybridized carbons (Fsp3) is 0.400. The van der Waals surface area contributed by atoms with Gasteiger partial charge in [-0.05, 0) is 62.3 Å². The maximum absolute atomic E-state index is 12.5. The Morgan fingerprint density at radius 2 is 1.52 bits per heavy atom. The summed E-state index contributed by atoms with van der Waals surface area (Å²) in [7, 11) is 1.30. The molecule has 3 aromatic rings. The molecule has 0 fully saturated rings. The molecule has 0 radical (unpaired) electrons. The number of ketones is 1. The minimum absolute atomic E-state index is 0.0198. The predicted molar refractivity (Wildman–Crippen MR) is 129 cm³/mol. The molecule has 166 valence electrons. The van der Waals surface area contributed by atoms with E-state index in [1.54, 1.807) is 21.1 Å². The molecule has 0 saturated carbocycles. The van der Waals surface area contributed by atoms with Gasteiger partial charge in [0.15, 0.2) is 17.3 Å². The van der Waals surface area contributed by atoms with Gasteiger partial charge in [-0.3, -0.25) is 4.79 Å². The van der Waals surface area contributed by atoms with Crippen molar-refractivity contribution < 1.29 is 18.7 Å². The lowest BCUT2D eigenvalue weighted by Gasteiger charge is -2.36. The third-order valence-corrected chi connectivity index (χ3v) is 10.7. The lowest BCUT2D eigenvalue weighted by Crippen LogP contribution is -2.43. The maximum Gasteiger partial charge on any atom is 0.250 e. The number of hydrogen-bond acceptors (Lipinski definition) is 4. The van der Waals surface area contributed by atoms with E-state index in [1.165, 1.54) is 0 Å². The van der Waals surface area contributed by atoms with Crippen molar-refractivity contribution in [3.63, 3.8) is 0 Å². The van der Waals surface area contributed by atoms with Crippen LogP contribution in [0.3, 0.4) is 0 Å². The third kappa shape index (κ3) is 4.09. The number of aromatic nitrogens is 1. The van der Waals surface area contributed by atoms with Crippen molar-refractivity contribution in [2.24, 2.45) is 0 Å². The summed E-state index contributed by atoms with van der Waals surface area (Å²) in [5.74, 6) is 2.12. The fourth-order valence-electron chi connectivity index (χ4n) is 3.63. The molecule has 1 heterocycles. The third-order valence-electron chi connectivity index (χ3n) is 6.34. The Hall–Kier alpha value is -2.73. The highest BCUT2D eigenvalue weighted by molar-refractivity contribution is 6.74. The lowest BCUT2D eigenvalue weighted by molar-refractivity contribution is 0.101. The number of carbonyl (C=O) groups is 1. The summed E-state index contributed by atoms with van der Waals surface area (Å²) in [6, 6.07) is 11.9. The van der Waals surface area contributed by atoms with Gasteiger partial charge in [0, 0.05) is 28.4 Å². The SMILES string of the molecule is COc1cc2c(C(C)=O)c(C)n(-c3ccc(O[Si](C)(C)C(C)(C)C)cc3)c2cc1OC. The first-order valence-electron chi connectivity index (χ1n) is 10.5. The molecule has 2 aromatic carbocycles. The van der Waals surface area contributed by atoms with Gasteiger partial charge < -0.3 is 18.5 Å². The van der Waals surface area contributed by atoms with Crippen molar-refractivity contribution in [3.05, 3.63) is 47.7 Å². The van der Waals surface area contributed by atoms with Gasteiger partial charge in [-0.2, -0.15) is 0 Å². The summed E-state index contributed by atoms with van der Waals surface area (Å²) in [6.45, 7) is 14.7. The second kappa shape index (κ2) is 8.08. The number of fused-ring (bicyclic) bond motifs is 1. The molecule has 3 rings (SSSR count). The van der Waals surface area contributed by atoms with Gasteiger partial charge in [-0.1, -0.05) is 20.8 Å². The number of rotatable bonds is 6. The Labute approximate surface area is 186 Å². The summed E-state index contributed by atoms with van der Waals surface area (Å²) in [5, 5.41) is 0.981. The van der Waals surface area contributed by atoms with E-state index in [-0.39, 0.29) is 10.8 Å². The second-order valence-electron chi connectivity index (χ2n) is 9.43. The second-order valence-corrected chi connectivity index (χ2v) is 14.2. The number of Topliss-reactive ketones (excluding diaryl/α,β-unsaturated/α-hetero) is 1. The number of ether oxygens (including phenoxy) is 2. The molecule has 0 saturated heterocycles. The topological polar surface area (TPSA) is 49.7 Å². The first-order valence-corrected chi connectivity index (χ1v) is 13.4. The Morgan fingerprint density at radius 1 is 0.968 bits per heavy atom. The molecule has 0 aliphatic heterocycles. The van der Waals surface area contributed by atoms with Crippen LogP contribution in [-0.2, 0) is 0 Å². The summed E-state index contributed by atoms with van der Waals surface area (Å²) >= 11 is 0. The van der Waals surface area contributed by atoms with E-state index in [9.17, 15) is 4.79 Å². The number of benzene rings is 2. The quantitative estimate of drug-likeness (QED) is 0.323. The van der Waals surface area contributed by atoms with E-state index in [0.29, 0.717) is 17.1 Å². The molecule has 0 amide bonds. The monoisotopic (exact) mass is 439 g/mol. The summed E-state index contributed by atoms with van der Waals surface area (Å²) < 4.78 is 19.5. The zero-order valence-corrected chi connectivity index (χ0v) is 21.0. The van der Waals surface area contributed by atoms with Gasteiger partial charge in [0.25, 0.3) is 0 Å². The summed E-state index contributed by atoms with van der Waals surface area (Å²) in [6.07, 6.45) is 0. The molecular formula is C25H33NO4Si. The minimum Gasteiger partial charge on any atom is -0.544 e. The van der Waals surface area contributed by atoms with Gasteiger partial charge >= 0.3 is 0 Å². The fourth-order valence-corrected chi connectivity index (χ4v) is 4.66. The van der Waals surface area contributed by atoms with Crippen molar-refractivity contribution in [3.8, 4) is 22.9 Å². The Balaban J connectivity index is 2.14. The molecule has 0 atom stereocenters. The van der Waals surface area contributed by atoms with Crippen molar-refractivity contribution >= 4 is 25.0 Å². The number of hydrogen-bond donors (Lipinski definition) is 0. The van der Waals surface area contributed by atoms with Crippen LogP contribution >= 0.6 is 0 Å². The lowest BCUT2D eigenvalue weighted by atomic mass is 10.1. The Kier molecular flexibility index (Phi) is 5.98. The standard InChI is InChI=1S/C25H33NO4Si/c1-16-24(17(2)27)20-14-22(28-6)23(29-7)15-21(20)26(16)18-10-12-19(13-11-18)30-31(8,9)25(3,4)5/h10-15H,1-9H3. The molecule has 0 aliphatic rings. The first-order chi connectivity index (χ1) is 14.4. The van der Waals surface area contributed by atoms with E-state index >= 15 is 0 Å². The van der Waals surface area contributed by atoms with E-state index in [2.05, 4.69) is 38.4 Å². The molecule has 0 spiro atoms. The van der Waals surface area contributed by atoms with Crippen molar-refractivity contribution in [1.29, 1.82) is 0 Å². The average Bonchev–Trinajstić information content (AvgIpc) is 2.97. The van der Waals surface area contributed by atoms with Gasteiger partial charge in [0.1, 0.15) is 5.75 Å². The Morgan fingerprint density at radius 3 is 2.00 bits per heavy atom. The van der Waals surface area contributed by atoms with Crippen LogP contribution in [0, 0.1) is 6.92 Å². The van der Waals surface area contributed by atoms with Crippen LogP contribution in [-0.4, -0.2) is 32.9 Å². The molecule has 0 unspecified atom stereocenters. The van der Waals surface area contributed by atoms with Gasteiger partial charge in [-0.15, -0.1) is 0 Å². The van der Waals surface area contributed by atoms with Crippen LogP contribution in [0.25, 0.3) is 16.6 Å². The van der Waals surface area contributed by atoms with Crippen LogP contribution in [0.15, 0.2) is 36.4 Å². The van der Waals surface area contributed by atoms with Crippen LogP contribution in [0.5, 0.6) is 17.2 Å². The molecule has 1 aromatic heterocycles. The molecular weight excluding hydrogens is 406 g/mol. The van der Waals surface area contributed by atoms with E-state index in [4.69, 9.17) is 13.9 Å². The normalized spacial score (nSPS) is 12.2. The number of nitrogens with zero attached hydrogens (tertiary/aromatic N) is 1. The zero-order valence-electron chi connectivity index (χ0n) is 20.0. The van der Waals surface area contributed by atoms with Gasteiger partial charge in [0.2, 0.25) is 8.32 Å². The number of carbonyl (C=O) groups excluding carboxylic acids is 1. The minimum atomic E-state index is -1.91. The Bertz CT molecular complexity index is 1120. The highest BCUT2D eigenvalue weighted by Crippen LogP contribution is 2.39. The highest BCUT2D eigenvalue weighted by atomic mass is 28.4. The van der Waals surface area contributed by atoms with E-state index in [1.807, 2.05) is 43.3 Å². The van der Waals surface area contributed by atoms with Gasteiger partial charge in [-0.25, -0.2) is 0 Å². The van der Waals surface area contributed by atoms with Crippen LogP contribution in [0.2, 0.25) is 18.1 Å². The maximum atomic E-state index is 12.5. The molecule has 0 aliphatic carbocycles. The van der Waals surface area contributed by atoms with Crippen molar-refractivity contribution in [2.45, 2.75) is 52.8 Å². The summed E-state index contributed by atoms with van der Waals surface area (Å²) in [5.41, 5.74) is 3.44. The summed E-state index contributed by atoms with van der Waals surface area (Å²) in [4.78, 5) is 12.5. The van der Waals surface area contributed by atoms with Crippen molar-refractivity contribution in [1.82, 2.24) is 4.57 Å². The largest absolute Gasteiger partial charge is 0.544 e.